The highest BCUT2D eigenvalue weighted by molar-refractivity contribution is 7.14. The number of anilines is 1. The topological polar surface area (TPSA) is 49.4 Å². The molecule has 2 aromatic rings. The molecule has 0 spiro atoms. The number of likely N-dealkylation sites (N-methyl/N-ethyl adjacent to an activating group) is 1. The van der Waals surface area contributed by atoms with Gasteiger partial charge in [-0.25, -0.2) is 0 Å². The van der Waals surface area contributed by atoms with Crippen LogP contribution >= 0.6 is 11.3 Å². The smallest absolute Gasteiger partial charge is 0.264 e. The molecule has 3 rings (SSSR count). The molecule has 0 aliphatic heterocycles. The maximum Gasteiger partial charge on any atom is 0.264 e. The number of hydrogen-bond acceptors (Lipinski definition) is 3. The first-order valence-corrected chi connectivity index (χ1v) is 10.4. The molecule has 27 heavy (non-hydrogen) atoms. The fraction of sp³-hybridized carbons (Fsp3) is 0.455. The zero-order valence-electron chi connectivity index (χ0n) is 16.6. The third kappa shape index (κ3) is 4.41. The van der Waals surface area contributed by atoms with Gasteiger partial charge in [0.25, 0.3) is 5.91 Å². The summed E-state index contributed by atoms with van der Waals surface area (Å²) in [6.07, 6.45) is 4.55. The van der Waals surface area contributed by atoms with E-state index in [2.05, 4.69) is 12.2 Å². The highest BCUT2D eigenvalue weighted by Crippen LogP contribution is 2.34. The van der Waals surface area contributed by atoms with Crippen molar-refractivity contribution in [2.45, 2.75) is 46.5 Å². The first-order chi connectivity index (χ1) is 12.9. The van der Waals surface area contributed by atoms with Crippen LogP contribution in [0.15, 0.2) is 24.3 Å². The van der Waals surface area contributed by atoms with Crippen LogP contribution in [0.1, 0.15) is 51.0 Å². The van der Waals surface area contributed by atoms with Crippen LogP contribution in [0.4, 0.5) is 5.69 Å². The Morgan fingerprint density at radius 2 is 1.96 bits per heavy atom. The lowest BCUT2D eigenvalue weighted by atomic mass is 9.87. The predicted molar refractivity (Wildman–Crippen MR) is 112 cm³/mol. The first-order valence-electron chi connectivity index (χ1n) is 9.62. The van der Waals surface area contributed by atoms with Gasteiger partial charge in [0.1, 0.15) is 0 Å². The molecule has 1 atom stereocenters. The molecular formula is C22H28N2O2S. The largest absolute Gasteiger partial charge is 0.332 e. The van der Waals surface area contributed by atoms with Crippen LogP contribution in [0.3, 0.4) is 0 Å². The molecule has 2 amide bonds. The van der Waals surface area contributed by atoms with Crippen molar-refractivity contribution in [3.8, 4) is 0 Å². The summed E-state index contributed by atoms with van der Waals surface area (Å²) in [5.41, 5.74) is 4.21. The molecule has 0 unspecified atom stereocenters. The van der Waals surface area contributed by atoms with E-state index in [4.69, 9.17) is 0 Å². The van der Waals surface area contributed by atoms with Gasteiger partial charge in [-0.3, -0.25) is 9.59 Å². The molecule has 0 saturated carbocycles. The van der Waals surface area contributed by atoms with Crippen molar-refractivity contribution in [3.63, 3.8) is 0 Å². The van der Waals surface area contributed by atoms with Crippen molar-refractivity contribution >= 4 is 28.8 Å². The minimum absolute atomic E-state index is 0.0484. The maximum atomic E-state index is 12.8. The van der Waals surface area contributed by atoms with Crippen LogP contribution in [0.5, 0.6) is 0 Å². The van der Waals surface area contributed by atoms with Crippen LogP contribution < -0.4 is 5.32 Å². The van der Waals surface area contributed by atoms with Crippen LogP contribution in [-0.4, -0.2) is 30.3 Å². The van der Waals surface area contributed by atoms with E-state index in [0.717, 1.165) is 40.5 Å². The summed E-state index contributed by atoms with van der Waals surface area (Å²) < 4.78 is 0. The van der Waals surface area contributed by atoms with Gasteiger partial charge >= 0.3 is 0 Å². The Labute approximate surface area is 165 Å². The minimum Gasteiger partial charge on any atom is -0.332 e. The molecule has 1 aromatic carbocycles. The van der Waals surface area contributed by atoms with Gasteiger partial charge in [-0.05, 0) is 61.8 Å². The molecule has 1 heterocycles. The second kappa shape index (κ2) is 8.26. The van der Waals surface area contributed by atoms with Gasteiger partial charge in [0.2, 0.25) is 5.91 Å². The lowest BCUT2D eigenvalue weighted by Crippen LogP contribution is -2.34. The second-order valence-electron chi connectivity index (χ2n) is 7.55. The summed E-state index contributed by atoms with van der Waals surface area (Å²) in [7, 11) is 1.69. The molecule has 0 bridgehead atoms. The monoisotopic (exact) mass is 384 g/mol. The Bertz CT molecular complexity index is 836. The van der Waals surface area contributed by atoms with Crippen molar-refractivity contribution in [2.75, 3.05) is 18.9 Å². The molecule has 0 radical (unpaired) electrons. The van der Waals surface area contributed by atoms with E-state index < -0.39 is 0 Å². The van der Waals surface area contributed by atoms with E-state index in [1.165, 1.54) is 28.2 Å². The van der Waals surface area contributed by atoms with Crippen LogP contribution in [0, 0.1) is 19.8 Å². The van der Waals surface area contributed by atoms with Gasteiger partial charge < -0.3 is 10.2 Å². The molecule has 1 aliphatic carbocycles. The predicted octanol–water partition coefficient (Wildman–Crippen LogP) is 4.59. The fourth-order valence-electron chi connectivity index (χ4n) is 3.72. The third-order valence-electron chi connectivity index (χ3n) is 5.45. The van der Waals surface area contributed by atoms with Gasteiger partial charge in [-0.1, -0.05) is 31.5 Å². The van der Waals surface area contributed by atoms with Crippen LogP contribution in [0.2, 0.25) is 0 Å². The number of benzene rings is 1. The summed E-state index contributed by atoms with van der Waals surface area (Å²) in [6.45, 7) is 6.22. The van der Waals surface area contributed by atoms with Gasteiger partial charge in [0, 0.05) is 17.6 Å². The van der Waals surface area contributed by atoms with Gasteiger partial charge in [-0.15, -0.1) is 11.3 Å². The summed E-state index contributed by atoms with van der Waals surface area (Å²) >= 11 is 1.60. The van der Waals surface area contributed by atoms with Crippen LogP contribution in [0.25, 0.3) is 0 Å². The molecule has 5 heteroatoms. The Morgan fingerprint density at radius 1 is 1.26 bits per heavy atom. The molecular weight excluding hydrogens is 356 g/mol. The minimum atomic E-state index is -0.171. The highest BCUT2D eigenvalue weighted by Gasteiger charge is 2.24. The van der Waals surface area contributed by atoms with E-state index in [-0.39, 0.29) is 18.4 Å². The molecule has 4 nitrogen and oxygen atoms in total. The molecule has 0 saturated heterocycles. The number of para-hydroxylation sites is 1. The summed E-state index contributed by atoms with van der Waals surface area (Å²) in [6, 6.07) is 7.95. The Morgan fingerprint density at radius 3 is 2.63 bits per heavy atom. The van der Waals surface area contributed by atoms with E-state index in [1.807, 2.05) is 38.1 Å². The number of rotatable bonds is 5. The summed E-state index contributed by atoms with van der Waals surface area (Å²) in [5.74, 6) is 0.491. The Hall–Kier alpha value is -2.14. The molecule has 1 N–H and O–H groups in total. The molecule has 0 fully saturated rings. The van der Waals surface area contributed by atoms with E-state index in [9.17, 15) is 9.59 Å². The average Bonchev–Trinajstić information content (AvgIpc) is 3.07. The normalized spacial score (nSPS) is 15.9. The lowest BCUT2D eigenvalue weighted by molar-refractivity contribution is -0.116. The lowest BCUT2D eigenvalue weighted by Gasteiger charge is -2.19. The quantitative estimate of drug-likeness (QED) is 0.820. The van der Waals surface area contributed by atoms with Crippen molar-refractivity contribution in [1.29, 1.82) is 0 Å². The Balaban J connectivity index is 1.64. The standard InChI is InChI=1S/C22H28N2O2S/c1-5-16-9-10-18-17(11-16)12-19(27-18)22(26)24(4)13-20(25)23-21-14(2)7-6-8-15(21)3/h6-8,12,16H,5,9-11,13H2,1-4H3,(H,23,25)/t16-/m0/s1. The van der Waals surface area contributed by atoms with Crippen molar-refractivity contribution in [1.82, 2.24) is 4.90 Å². The van der Waals surface area contributed by atoms with Gasteiger partial charge in [-0.2, -0.15) is 0 Å². The van der Waals surface area contributed by atoms with Crippen LogP contribution in [-0.2, 0) is 17.6 Å². The summed E-state index contributed by atoms with van der Waals surface area (Å²) in [5, 5.41) is 2.95. The molecule has 144 valence electrons. The van der Waals surface area contributed by atoms with Crippen molar-refractivity contribution in [3.05, 3.63) is 50.7 Å². The van der Waals surface area contributed by atoms with Gasteiger partial charge in [0.05, 0.1) is 11.4 Å². The number of fused-ring (bicyclic) bond motifs is 1. The number of amides is 2. The van der Waals surface area contributed by atoms with Crippen molar-refractivity contribution < 1.29 is 9.59 Å². The van der Waals surface area contributed by atoms with E-state index in [1.54, 1.807) is 18.4 Å². The van der Waals surface area contributed by atoms with E-state index in [0.29, 0.717) is 0 Å². The number of carbonyl (C=O) groups excluding carboxylic acids is 2. The number of carbonyl (C=O) groups is 2. The molecule has 1 aliphatic rings. The third-order valence-corrected chi connectivity index (χ3v) is 6.67. The average molecular weight is 385 g/mol. The highest BCUT2D eigenvalue weighted by atomic mass is 32.1. The number of thiophene rings is 1. The zero-order chi connectivity index (χ0) is 19.6. The zero-order valence-corrected chi connectivity index (χ0v) is 17.4. The fourth-order valence-corrected chi connectivity index (χ4v) is 4.92. The Kier molecular flexibility index (Phi) is 6.00. The SMILES string of the molecule is CC[C@H]1CCc2sc(C(=O)N(C)CC(=O)Nc3c(C)cccc3C)cc2C1. The van der Waals surface area contributed by atoms with E-state index >= 15 is 0 Å². The number of nitrogens with one attached hydrogen (secondary N) is 1. The van der Waals surface area contributed by atoms with Gasteiger partial charge in [0.15, 0.2) is 0 Å². The molecule has 1 aromatic heterocycles. The number of nitrogens with zero attached hydrogens (tertiary/aromatic N) is 1. The van der Waals surface area contributed by atoms with Crippen molar-refractivity contribution in [2.24, 2.45) is 5.92 Å². The second-order valence-corrected chi connectivity index (χ2v) is 8.69. The first kappa shape index (κ1) is 19.6. The maximum absolute atomic E-state index is 12.8. The number of aryl methyl sites for hydroxylation is 3. The summed E-state index contributed by atoms with van der Waals surface area (Å²) in [4.78, 5) is 28.8. The number of hydrogen-bond donors (Lipinski definition) is 1.